The molecule has 0 radical (unpaired) electrons. The normalized spacial score (nSPS) is 15.7. The van der Waals surface area contributed by atoms with Crippen LogP contribution in [0.3, 0.4) is 0 Å². The molecule has 1 rings (SSSR count). The van der Waals surface area contributed by atoms with Gasteiger partial charge in [-0.05, 0) is 0 Å². The maximum atomic E-state index is 11.3. The Bertz CT molecular complexity index is 314. The van der Waals surface area contributed by atoms with Crippen molar-refractivity contribution in [3.8, 4) is 0 Å². The average Bonchev–Trinajstić information content (AvgIpc) is 2.45. The van der Waals surface area contributed by atoms with E-state index in [4.69, 9.17) is 0 Å². The monoisotopic (exact) mass is 270 g/mol. The first-order valence-electron chi connectivity index (χ1n) is 6.35. The van der Waals surface area contributed by atoms with Crippen molar-refractivity contribution in [1.82, 2.24) is 20.4 Å². The van der Waals surface area contributed by atoms with Gasteiger partial charge in [-0.1, -0.05) is 6.08 Å². The molecule has 0 saturated carbocycles. The second-order valence-electron chi connectivity index (χ2n) is 4.22. The largest absolute Gasteiger partial charge is 0.453 e. The fourth-order valence-corrected chi connectivity index (χ4v) is 1.84. The lowest BCUT2D eigenvalue weighted by molar-refractivity contribution is 0.0916. The number of piperazine rings is 1. The van der Waals surface area contributed by atoms with E-state index >= 15 is 0 Å². The van der Waals surface area contributed by atoms with E-state index in [1.165, 1.54) is 7.11 Å². The Labute approximate surface area is 113 Å². The van der Waals surface area contributed by atoms with E-state index in [0.29, 0.717) is 26.2 Å². The number of hydrogen-bond donors (Lipinski definition) is 2. The van der Waals surface area contributed by atoms with Crippen molar-refractivity contribution in [2.24, 2.45) is 0 Å². The molecule has 0 aromatic carbocycles. The zero-order valence-corrected chi connectivity index (χ0v) is 11.4. The zero-order valence-electron chi connectivity index (χ0n) is 11.4. The van der Waals surface area contributed by atoms with Gasteiger partial charge in [0.05, 0.1) is 7.11 Å². The third-order valence-corrected chi connectivity index (χ3v) is 2.93. The number of methoxy groups -OCH3 is 1. The van der Waals surface area contributed by atoms with E-state index in [1.807, 2.05) is 0 Å². The number of nitrogens with zero attached hydrogens (tertiary/aromatic N) is 2. The lowest BCUT2D eigenvalue weighted by Gasteiger charge is -2.33. The third kappa shape index (κ3) is 5.60. The predicted molar refractivity (Wildman–Crippen MR) is 72.0 cm³/mol. The van der Waals surface area contributed by atoms with Crippen LogP contribution in [-0.4, -0.2) is 74.8 Å². The molecule has 1 fully saturated rings. The van der Waals surface area contributed by atoms with Gasteiger partial charge in [0, 0.05) is 45.8 Å². The molecule has 0 atom stereocenters. The molecular formula is C12H22N4O3. The summed E-state index contributed by atoms with van der Waals surface area (Å²) < 4.78 is 4.67. The maximum Gasteiger partial charge on any atom is 0.409 e. The summed E-state index contributed by atoms with van der Waals surface area (Å²) >= 11 is 0. The molecule has 0 bridgehead atoms. The molecule has 19 heavy (non-hydrogen) atoms. The molecule has 108 valence electrons. The van der Waals surface area contributed by atoms with Crippen LogP contribution in [0.4, 0.5) is 9.59 Å². The van der Waals surface area contributed by atoms with E-state index in [1.54, 1.807) is 11.0 Å². The molecule has 0 aromatic heterocycles. The van der Waals surface area contributed by atoms with Crippen molar-refractivity contribution in [1.29, 1.82) is 0 Å². The summed E-state index contributed by atoms with van der Waals surface area (Å²) in [5.41, 5.74) is 0. The van der Waals surface area contributed by atoms with E-state index in [9.17, 15) is 9.59 Å². The van der Waals surface area contributed by atoms with Crippen molar-refractivity contribution in [3.63, 3.8) is 0 Å². The van der Waals surface area contributed by atoms with Crippen molar-refractivity contribution in [2.75, 3.05) is 52.9 Å². The van der Waals surface area contributed by atoms with Crippen molar-refractivity contribution in [2.45, 2.75) is 0 Å². The third-order valence-electron chi connectivity index (χ3n) is 2.93. The number of carbonyl (C=O) groups excluding carboxylic acids is 2. The fourth-order valence-electron chi connectivity index (χ4n) is 1.84. The van der Waals surface area contributed by atoms with Gasteiger partial charge in [0.2, 0.25) is 0 Å². The Hall–Kier alpha value is -1.76. The first-order chi connectivity index (χ1) is 9.17. The van der Waals surface area contributed by atoms with Crippen LogP contribution in [0.1, 0.15) is 0 Å². The summed E-state index contributed by atoms with van der Waals surface area (Å²) in [7, 11) is 1.39. The van der Waals surface area contributed by atoms with Crippen molar-refractivity contribution < 1.29 is 14.3 Å². The zero-order chi connectivity index (χ0) is 14.1. The summed E-state index contributed by atoms with van der Waals surface area (Å²) in [6.07, 6.45) is 1.35. The summed E-state index contributed by atoms with van der Waals surface area (Å²) in [4.78, 5) is 26.4. The summed E-state index contributed by atoms with van der Waals surface area (Å²) in [5.74, 6) is 0. The van der Waals surface area contributed by atoms with Gasteiger partial charge in [-0.3, -0.25) is 4.90 Å². The van der Waals surface area contributed by atoms with E-state index in [2.05, 4.69) is 26.8 Å². The topological polar surface area (TPSA) is 73.9 Å². The molecule has 1 heterocycles. The van der Waals surface area contributed by atoms with Crippen LogP contribution in [0.15, 0.2) is 12.7 Å². The molecular weight excluding hydrogens is 248 g/mol. The molecule has 7 nitrogen and oxygen atoms in total. The fraction of sp³-hybridized carbons (Fsp3) is 0.667. The Kier molecular flexibility index (Phi) is 6.73. The standard InChI is InChI=1S/C12H22N4O3/c1-3-4-13-11(17)14-5-6-15-7-9-16(10-8-15)12(18)19-2/h3H,1,4-10H2,2H3,(H2,13,14,17). The highest BCUT2D eigenvalue weighted by Gasteiger charge is 2.20. The highest BCUT2D eigenvalue weighted by molar-refractivity contribution is 5.73. The molecule has 2 N–H and O–H groups in total. The average molecular weight is 270 g/mol. The van der Waals surface area contributed by atoms with Gasteiger partial charge < -0.3 is 20.3 Å². The van der Waals surface area contributed by atoms with Gasteiger partial charge >= 0.3 is 12.1 Å². The molecule has 0 aromatic rings. The Morgan fingerprint density at radius 1 is 1.26 bits per heavy atom. The summed E-state index contributed by atoms with van der Waals surface area (Å²) in [5, 5.41) is 5.41. The van der Waals surface area contributed by atoms with E-state index in [0.717, 1.165) is 19.6 Å². The number of nitrogens with one attached hydrogen (secondary N) is 2. The van der Waals surface area contributed by atoms with Gasteiger partial charge in [0.15, 0.2) is 0 Å². The number of carbonyl (C=O) groups is 2. The molecule has 0 spiro atoms. The molecule has 1 aliphatic heterocycles. The molecule has 1 saturated heterocycles. The van der Waals surface area contributed by atoms with Gasteiger partial charge in [-0.2, -0.15) is 0 Å². The number of urea groups is 1. The van der Waals surface area contributed by atoms with Crippen LogP contribution in [0.2, 0.25) is 0 Å². The molecule has 7 heteroatoms. The van der Waals surface area contributed by atoms with Crippen LogP contribution < -0.4 is 10.6 Å². The quantitative estimate of drug-likeness (QED) is 0.682. The minimum Gasteiger partial charge on any atom is -0.453 e. The first kappa shape index (κ1) is 15.3. The van der Waals surface area contributed by atoms with Crippen LogP contribution >= 0.6 is 0 Å². The number of rotatable bonds is 5. The first-order valence-corrected chi connectivity index (χ1v) is 6.35. The van der Waals surface area contributed by atoms with Crippen LogP contribution in [0, 0.1) is 0 Å². The van der Waals surface area contributed by atoms with Gasteiger partial charge in [-0.25, -0.2) is 9.59 Å². The second-order valence-corrected chi connectivity index (χ2v) is 4.22. The molecule has 3 amide bonds. The lowest BCUT2D eigenvalue weighted by atomic mass is 10.3. The number of ether oxygens (including phenoxy) is 1. The SMILES string of the molecule is C=CCNC(=O)NCCN1CCN(C(=O)OC)CC1. The van der Waals surface area contributed by atoms with Crippen molar-refractivity contribution >= 4 is 12.1 Å². The minimum atomic E-state index is -0.276. The smallest absolute Gasteiger partial charge is 0.409 e. The predicted octanol–water partition coefficient (Wildman–Crippen LogP) is -0.144. The Morgan fingerprint density at radius 2 is 1.95 bits per heavy atom. The molecule has 0 unspecified atom stereocenters. The second kappa shape index (κ2) is 8.36. The Morgan fingerprint density at radius 3 is 2.53 bits per heavy atom. The van der Waals surface area contributed by atoms with E-state index < -0.39 is 0 Å². The summed E-state index contributed by atoms with van der Waals surface area (Å²) in [6.45, 7) is 8.26. The van der Waals surface area contributed by atoms with Gasteiger partial charge in [0.25, 0.3) is 0 Å². The lowest BCUT2D eigenvalue weighted by Crippen LogP contribution is -2.50. The van der Waals surface area contributed by atoms with E-state index in [-0.39, 0.29) is 12.1 Å². The molecule has 0 aliphatic carbocycles. The Balaban J connectivity index is 2.11. The van der Waals surface area contributed by atoms with Crippen LogP contribution in [-0.2, 0) is 4.74 Å². The van der Waals surface area contributed by atoms with Crippen LogP contribution in [0.5, 0.6) is 0 Å². The minimum absolute atomic E-state index is 0.187. The summed E-state index contributed by atoms with van der Waals surface area (Å²) in [6, 6.07) is -0.187. The van der Waals surface area contributed by atoms with Gasteiger partial charge in [-0.15, -0.1) is 6.58 Å². The van der Waals surface area contributed by atoms with Gasteiger partial charge in [0.1, 0.15) is 0 Å². The molecule has 1 aliphatic rings. The highest BCUT2D eigenvalue weighted by atomic mass is 16.5. The number of hydrogen-bond acceptors (Lipinski definition) is 4. The number of amides is 3. The highest BCUT2D eigenvalue weighted by Crippen LogP contribution is 2.02. The van der Waals surface area contributed by atoms with Crippen LogP contribution in [0.25, 0.3) is 0 Å². The van der Waals surface area contributed by atoms with Crippen molar-refractivity contribution in [3.05, 3.63) is 12.7 Å². The maximum absolute atomic E-state index is 11.3.